The summed E-state index contributed by atoms with van der Waals surface area (Å²) in [6, 6.07) is 0. The average molecular weight is 227 g/mol. The van der Waals surface area contributed by atoms with E-state index in [4.69, 9.17) is 0 Å². The predicted octanol–water partition coefficient (Wildman–Crippen LogP) is 1.85. The maximum absolute atomic E-state index is 4.48. The average Bonchev–Trinajstić information content (AvgIpc) is 2.72. The monoisotopic (exact) mass is 227 g/mol. The molecule has 14 heavy (non-hydrogen) atoms. The van der Waals surface area contributed by atoms with Gasteiger partial charge in [-0.15, -0.1) is 11.3 Å². The molecule has 2 aromatic heterocycles. The molecule has 0 aliphatic carbocycles. The van der Waals surface area contributed by atoms with Crippen molar-refractivity contribution < 1.29 is 0 Å². The summed E-state index contributed by atoms with van der Waals surface area (Å²) in [4.78, 5) is 5.56. The maximum atomic E-state index is 4.48. The van der Waals surface area contributed by atoms with Crippen LogP contribution in [0.3, 0.4) is 0 Å². The van der Waals surface area contributed by atoms with Crippen molar-refractivity contribution in [3.8, 4) is 0 Å². The molecule has 76 valence electrons. The molecule has 2 rings (SSSR count). The van der Waals surface area contributed by atoms with Crippen molar-refractivity contribution in [2.45, 2.75) is 6.54 Å². The highest BCUT2D eigenvalue weighted by atomic mass is 32.2. The highest BCUT2D eigenvalue weighted by Crippen LogP contribution is 2.10. The Kier molecular flexibility index (Phi) is 3.44. The predicted molar refractivity (Wildman–Crippen MR) is 63.2 cm³/mol. The maximum Gasteiger partial charge on any atom is 0.193 e. The summed E-state index contributed by atoms with van der Waals surface area (Å²) >= 11 is 3.53. The first-order chi connectivity index (χ1) is 6.90. The normalized spacial score (nSPS) is 11.2. The molecule has 0 aliphatic rings. The Morgan fingerprint density at radius 2 is 2.57 bits per heavy atom. The highest BCUT2D eigenvalue weighted by molar-refractivity contribution is 7.98. The molecule has 0 fully saturated rings. The molecular weight excluding hydrogens is 214 g/mol. The molecule has 5 heteroatoms. The summed E-state index contributed by atoms with van der Waals surface area (Å²) in [5.74, 6) is 1.15. The lowest BCUT2D eigenvalue weighted by Crippen LogP contribution is -2.16. The van der Waals surface area contributed by atoms with Crippen LogP contribution in [0.4, 0.5) is 0 Å². The first-order valence-electron chi connectivity index (χ1n) is 4.51. The van der Waals surface area contributed by atoms with Gasteiger partial charge in [-0.05, 0) is 6.26 Å². The third-order valence-electron chi connectivity index (χ3n) is 1.93. The number of hydrogen-bond donors (Lipinski definition) is 1. The van der Waals surface area contributed by atoms with Crippen LogP contribution in [0.15, 0.2) is 17.8 Å². The molecule has 0 saturated heterocycles. The van der Waals surface area contributed by atoms with Crippen molar-refractivity contribution in [3.63, 3.8) is 0 Å². The fourth-order valence-corrected chi connectivity index (χ4v) is 2.32. The zero-order valence-electron chi connectivity index (χ0n) is 8.06. The number of nitrogens with one attached hydrogen (secondary N) is 1. The van der Waals surface area contributed by atoms with Crippen LogP contribution in [0.2, 0.25) is 0 Å². The minimum Gasteiger partial charge on any atom is -0.310 e. The molecule has 2 aromatic rings. The molecule has 0 amide bonds. The van der Waals surface area contributed by atoms with E-state index in [1.165, 1.54) is 0 Å². The van der Waals surface area contributed by atoms with Crippen LogP contribution in [-0.2, 0) is 6.54 Å². The lowest BCUT2D eigenvalue weighted by atomic mass is 10.5. The van der Waals surface area contributed by atoms with Gasteiger partial charge in [-0.1, -0.05) is 0 Å². The summed E-state index contributed by atoms with van der Waals surface area (Å²) in [5.41, 5.74) is 1.12. The Morgan fingerprint density at radius 1 is 1.64 bits per heavy atom. The van der Waals surface area contributed by atoms with Gasteiger partial charge >= 0.3 is 0 Å². The van der Waals surface area contributed by atoms with Gasteiger partial charge in [0.05, 0.1) is 5.69 Å². The molecule has 0 aromatic carbocycles. The minimum absolute atomic E-state index is 0.870. The Balaban J connectivity index is 1.89. The molecule has 0 atom stereocenters. The van der Waals surface area contributed by atoms with Crippen LogP contribution in [0.5, 0.6) is 0 Å². The number of aromatic nitrogens is 2. The van der Waals surface area contributed by atoms with Gasteiger partial charge in [-0.2, -0.15) is 11.8 Å². The molecule has 0 radical (unpaired) electrons. The first-order valence-corrected chi connectivity index (χ1v) is 6.78. The summed E-state index contributed by atoms with van der Waals surface area (Å²) in [6.07, 6.45) is 6.24. The largest absolute Gasteiger partial charge is 0.310 e. The van der Waals surface area contributed by atoms with E-state index in [1.54, 1.807) is 11.3 Å². The van der Waals surface area contributed by atoms with E-state index in [0.29, 0.717) is 0 Å². The molecule has 0 bridgehead atoms. The van der Waals surface area contributed by atoms with Crippen LogP contribution in [0.25, 0.3) is 4.96 Å². The summed E-state index contributed by atoms with van der Waals surface area (Å²) in [5, 5.41) is 5.41. The molecule has 0 saturated carbocycles. The SMILES string of the molecule is CSCCNCc1cn2ccsc2n1. The Morgan fingerprint density at radius 3 is 3.36 bits per heavy atom. The van der Waals surface area contributed by atoms with Crippen LogP contribution in [-0.4, -0.2) is 27.9 Å². The summed E-state index contributed by atoms with van der Waals surface area (Å²) < 4.78 is 2.07. The number of hydrogen-bond acceptors (Lipinski definition) is 4. The Bertz CT molecular complexity index is 365. The summed E-state index contributed by atoms with van der Waals surface area (Å²) in [7, 11) is 0. The van der Waals surface area contributed by atoms with Gasteiger partial charge in [0.25, 0.3) is 0 Å². The first kappa shape index (κ1) is 10.0. The van der Waals surface area contributed by atoms with E-state index < -0.39 is 0 Å². The third-order valence-corrected chi connectivity index (χ3v) is 3.32. The van der Waals surface area contributed by atoms with Gasteiger partial charge in [-0.3, -0.25) is 4.40 Å². The number of nitrogens with zero attached hydrogens (tertiary/aromatic N) is 2. The fraction of sp³-hybridized carbons (Fsp3) is 0.444. The smallest absolute Gasteiger partial charge is 0.193 e. The Hall–Kier alpha value is -0.520. The van der Waals surface area contributed by atoms with Gasteiger partial charge in [-0.25, -0.2) is 4.98 Å². The van der Waals surface area contributed by atoms with Crippen LogP contribution < -0.4 is 5.32 Å². The van der Waals surface area contributed by atoms with Crippen molar-refractivity contribution in [1.29, 1.82) is 0 Å². The second kappa shape index (κ2) is 4.82. The topological polar surface area (TPSA) is 29.3 Å². The quantitative estimate of drug-likeness (QED) is 0.790. The molecule has 0 aliphatic heterocycles. The standard InChI is InChI=1S/C9H13N3S2/c1-13-4-2-10-6-8-7-12-3-5-14-9(12)11-8/h3,5,7,10H,2,4,6H2,1H3. The lowest BCUT2D eigenvalue weighted by Gasteiger charge is -1.99. The fourth-order valence-electron chi connectivity index (χ4n) is 1.25. The Labute approximate surface area is 91.5 Å². The van der Waals surface area contributed by atoms with E-state index >= 15 is 0 Å². The molecule has 1 N–H and O–H groups in total. The molecular formula is C9H13N3S2. The van der Waals surface area contributed by atoms with Crippen molar-refractivity contribution in [1.82, 2.24) is 14.7 Å². The van der Waals surface area contributed by atoms with Crippen LogP contribution in [0, 0.1) is 0 Å². The zero-order valence-corrected chi connectivity index (χ0v) is 9.70. The van der Waals surface area contributed by atoms with E-state index in [9.17, 15) is 0 Å². The van der Waals surface area contributed by atoms with Crippen molar-refractivity contribution in [3.05, 3.63) is 23.5 Å². The zero-order chi connectivity index (χ0) is 9.80. The van der Waals surface area contributed by atoms with Crippen molar-refractivity contribution in [2.75, 3.05) is 18.6 Å². The van der Waals surface area contributed by atoms with E-state index in [1.807, 2.05) is 23.3 Å². The van der Waals surface area contributed by atoms with Gasteiger partial charge in [0, 0.05) is 36.6 Å². The van der Waals surface area contributed by atoms with Gasteiger partial charge < -0.3 is 5.32 Å². The van der Waals surface area contributed by atoms with E-state index in [0.717, 1.165) is 29.5 Å². The van der Waals surface area contributed by atoms with Crippen molar-refractivity contribution in [2.24, 2.45) is 0 Å². The number of rotatable bonds is 5. The summed E-state index contributed by atoms with van der Waals surface area (Å²) in [6.45, 7) is 1.92. The highest BCUT2D eigenvalue weighted by Gasteiger charge is 2.00. The number of fused-ring (bicyclic) bond motifs is 1. The third kappa shape index (κ3) is 2.29. The van der Waals surface area contributed by atoms with E-state index in [2.05, 4.69) is 27.2 Å². The van der Waals surface area contributed by atoms with Crippen molar-refractivity contribution >= 4 is 28.1 Å². The second-order valence-electron chi connectivity index (χ2n) is 2.99. The molecule has 2 heterocycles. The number of thiazole rings is 1. The van der Waals surface area contributed by atoms with Gasteiger partial charge in [0.2, 0.25) is 0 Å². The second-order valence-corrected chi connectivity index (χ2v) is 4.85. The lowest BCUT2D eigenvalue weighted by molar-refractivity contribution is 0.720. The van der Waals surface area contributed by atoms with Crippen LogP contribution >= 0.6 is 23.1 Å². The van der Waals surface area contributed by atoms with Crippen LogP contribution in [0.1, 0.15) is 5.69 Å². The number of imidazole rings is 1. The molecule has 3 nitrogen and oxygen atoms in total. The van der Waals surface area contributed by atoms with E-state index in [-0.39, 0.29) is 0 Å². The number of thioether (sulfide) groups is 1. The molecule has 0 spiro atoms. The van der Waals surface area contributed by atoms with Gasteiger partial charge in [0.1, 0.15) is 0 Å². The minimum atomic E-state index is 0.870. The van der Waals surface area contributed by atoms with Gasteiger partial charge in [0.15, 0.2) is 4.96 Å². The molecule has 0 unspecified atom stereocenters.